The highest BCUT2D eigenvalue weighted by Crippen LogP contribution is 2.22. The third kappa shape index (κ3) is 5.68. The quantitative estimate of drug-likeness (QED) is 0.421. The van der Waals surface area contributed by atoms with Gasteiger partial charge in [-0.2, -0.15) is 0 Å². The van der Waals surface area contributed by atoms with Gasteiger partial charge in [-0.3, -0.25) is 30.0 Å². The molecular weight excluding hydrogens is 440 g/mol. The summed E-state index contributed by atoms with van der Waals surface area (Å²) in [5.74, 6) is -1.61. The summed E-state index contributed by atoms with van der Waals surface area (Å²) in [5, 5.41) is 4.19. The van der Waals surface area contributed by atoms with Crippen molar-refractivity contribution < 1.29 is 22.8 Å². The molecule has 0 aliphatic heterocycles. The lowest BCUT2D eigenvalue weighted by Crippen LogP contribution is -2.42. The van der Waals surface area contributed by atoms with Crippen LogP contribution in [-0.2, 0) is 14.8 Å². The summed E-state index contributed by atoms with van der Waals surface area (Å²) in [7, 11) is -3.85. The fourth-order valence-corrected chi connectivity index (χ4v) is 4.65. The van der Waals surface area contributed by atoms with Crippen molar-refractivity contribution in [2.45, 2.75) is 11.1 Å². The number of carbonyl (C=O) groups excluding carboxylic acids is 3. The summed E-state index contributed by atoms with van der Waals surface area (Å²) in [6.07, 6.45) is 0. The first-order valence-corrected chi connectivity index (χ1v) is 11.3. The molecule has 0 aliphatic carbocycles. The van der Waals surface area contributed by atoms with Crippen LogP contribution < -0.4 is 20.9 Å². The minimum Gasteiger partial charge on any atom is -0.326 e. The number of anilines is 2. The monoisotopic (exact) mass is 458 g/mol. The van der Waals surface area contributed by atoms with Gasteiger partial charge in [-0.1, -0.05) is 24.3 Å². The molecule has 3 amide bonds. The van der Waals surface area contributed by atoms with E-state index >= 15 is 0 Å². The summed E-state index contributed by atoms with van der Waals surface area (Å²) in [5.41, 5.74) is 5.25. The molecule has 0 fully saturated rings. The lowest BCUT2D eigenvalue weighted by Gasteiger charge is -2.13. The molecule has 3 aromatic rings. The van der Waals surface area contributed by atoms with E-state index in [2.05, 4.69) is 20.9 Å². The number of thiophene rings is 1. The van der Waals surface area contributed by atoms with Gasteiger partial charge in [-0.05, 0) is 41.8 Å². The normalized spacial score (nSPS) is 10.7. The van der Waals surface area contributed by atoms with Crippen molar-refractivity contribution in [1.82, 2.24) is 10.9 Å². The van der Waals surface area contributed by atoms with E-state index in [-0.39, 0.29) is 26.9 Å². The van der Waals surface area contributed by atoms with E-state index in [0.717, 1.165) is 11.3 Å². The topological polar surface area (TPSA) is 133 Å². The van der Waals surface area contributed by atoms with Gasteiger partial charge in [0.25, 0.3) is 21.8 Å². The Balaban J connectivity index is 1.70. The predicted octanol–water partition coefficient (Wildman–Crippen LogP) is 2.58. The van der Waals surface area contributed by atoms with Gasteiger partial charge < -0.3 is 5.32 Å². The number of hydrogen-bond donors (Lipinski definition) is 4. The van der Waals surface area contributed by atoms with Crippen molar-refractivity contribution in [3.05, 3.63) is 77.2 Å². The number of carbonyl (C=O) groups is 3. The van der Waals surface area contributed by atoms with Crippen LogP contribution in [0.2, 0.25) is 0 Å². The predicted molar refractivity (Wildman–Crippen MR) is 117 cm³/mol. The van der Waals surface area contributed by atoms with Gasteiger partial charge in [0.2, 0.25) is 5.91 Å². The first-order valence-electron chi connectivity index (χ1n) is 8.90. The number of hydrazine groups is 1. The minimum atomic E-state index is -3.85. The SMILES string of the molecule is CC(=O)Nc1cccc(C(=O)NNC(=O)c2ccccc2NS(=O)(=O)c2cccs2)c1. The Kier molecular flexibility index (Phi) is 6.68. The third-order valence-electron chi connectivity index (χ3n) is 3.91. The Morgan fingerprint density at radius 1 is 0.871 bits per heavy atom. The molecule has 2 aromatic carbocycles. The van der Waals surface area contributed by atoms with Crippen LogP contribution in [-0.4, -0.2) is 26.1 Å². The molecule has 1 heterocycles. The fourth-order valence-electron chi connectivity index (χ4n) is 2.58. The molecule has 0 saturated heterocycles. The molecule has 4 N–H and O–H groups in total. The molecule has 0 radical (unpaired) electrons. The number of benzene rings is 2. The van der Waals surface area contributed by atoms with E-state index in [0.29, 0.717) is 5.69 Å². The van der Waals surface area contributed by atoms with Crippen molar-refractivity contribution >= 4 is 50.5 Å². The molecule has 9 nitrogen and oxygen atoms in total. The van der Waals surface area contributed by atoms with Crippen molar-refractivity contribution in [2.75, 3.05) is 10.0 Å². The zero-order valence-electron chi connectivity index (χ0n) is 16.2. The molecule has 0 bridgehead atoms. The summed E-state index contributed by atoms with van der Waals surface area (Å²) in [4.78, 5) is 36.1. The summed E-state index contributed by atoms with van der Waals surface area (Å²) in [6.45, 7) is 1.34. The van der Waals surface area contributed by atoms with Crippen molar-refractivity contribution in [3.63, 3.8) is 0 Å². The zero-order chi connectivity index (χ0) is 22.4. The summed E-state index contributed by atoms with van der Waals surface area (Å²) < 4.78 is 27.4. The van der Waals surface area contributed by atoms with Crippen LogP contribution in [0.15, 0.2) is 70.3 Å². The maximum absolute atomic E-state index is 12.6. The summed E-state index contributed by atoms with van der Waals surface area (Å²) >= 11 is 1.05. The van der Waals surface area contributed by atoms with E-state index in [4.69, 9.17) is 0 Å². The molecule has 0 saturated carbocycles. The van der Waals surface area contributed by atoms with E-state index in [1.807, 2.05) is 0 Å². The third-order valence-corrected chi connectivity index (χ3v) is 6.67. The Bertz CT molecular complexity index is 1220. The van der Waals surface area contributed by atoms with Crippen molar-refractivity contribution in [3.8, 4) is 0 Å². The molecule has 160 valence electrons. The van der Waals surface area contributed by atoms with Gasteiger partial charge in [0, 0.05) is 18.2 Å². The van der Waals surface area contributed by atoms with Crippen LogP contribution in [0.5, 0.6) is 0 Å². The number of nitrogens with one attached hydrogen (secondary N) is 4. The molecule has 0 spiro atoms. The second kappa shape index (κ2) is 9.41. The number of hydrogen-bond acceptors (Lipinski definition) is 6. The Morgan fingerprint density at radius 2 is 1.61 bits per heavy atom. The largest absolute Gasteiger partial charge is 0.326 e. The highest BCUT2D eigenvalue weighted by Gasteiger charge is 2.19. The van der Waals surface area contributed by atoms with Crippen molar-refractivity contribution in [2.24, 2.45) is 0 Å². The maximum atomic E-state index is 12.6. The number of rotatable bonds is 6. The van der Waals surface area contributed by atoms with Crippen LogP contribution in [0.3, 0.4) is 0 Å². The highest BCUT2D eigenvalue weighted by atomic mass is 32.2. The lowest BCUT2D eigenvalue weighted by atomic mass is 10.2. The Hall–Kier alpha value is -3.70. The van der Waals surface area contributed by atoms with Crippen molar-refractivity contribution in [1.29, 1.82) is 0 Å². The molecule has 0 unspecified atom stereocenters. The van der Waals surface area contributed by atoms with E-state index < -0.39 is 21.8 Å². The zero-order valence-corrected chi connectivity index (χ0v) is 17.8. The number of para-hydroxylation sites is 1. The number of sulfonamides is 1. The van der Waals surface area contributed by atoms with Gasteiger partial charge in [-0.15, -0.1) is 11.3 Å². The standard InChI is InChI=1S/C20H18N4O5S2/c1-13(25)21-15-7-4-6-14(12-15)19(26)22-23-20(27)16-8-2-3-9-17(16)24-31(28,29)18-10-5-11-30-18/h2-12,24H,1H3,(H,21,25)(H,22,26)(H,23,27). The second-order valence-electron chi connectivity index (χ2n) is 6.25. The van der Waals surface area contributed by atoms with Gasteiger partial charge in [0.05, 0.1) is 11.3 Å². The van der Waals surface area contributed by atoms with Crippen LogP contribution >= 0.6 is 11.3 Å². The Morgan fingerprint density at radius 3 is 2.32 bits per heavy atom. The molecule has 0 aliphatic rings. The second-order valence-corrected chi connectivity index (χ2v) is 9.11. The molecule has 31 heavy (non-hydrogen) atoms. The van der Waals surface area contributed by atoms with Gasteiger partial charge in [0.1, 0.15) is 4.21 Å². The first-order chi connectivity index (χ1) is 14.8. The van der Waals surface area contributed by atoms with E-state index in [1.54, 1.807) is 35.7 Å². The highest BCUT2D eigenvalue weighted by molar-refractivity contribution is 7.94. The van der Waals surface area contributed by atoms with Gasteiger partial charge in [0.15, 0.2) is 0 Å². The summed E-state index contributed by atoms with van der Waals surface area (Å²) in [6, 6.07) is 15.2. The average Bonchev–Trinajstić information content (AvgIpc) is 3.27. The van der Waals surface area contributed by atoms with E-state index in [9.17, 15) is 22.8 Å². The van der Waals surface area contributed by atoms with Gasteiger partial charge >= 0.3 is 0 Å². The molecule has 3 rings (SSSR count). The van der Waals surface area contributed by atoms with Crippen LogP contribution in [0.1, 0.15) is 27.6 Å². The minimum absolute atomic E-state index is 0.0231. The lowest BCUT2D eigenvalue weighted by molar-refractivity contribution is -0.114. The van der Waals surface area contributed by atoms with Crippen LogP contribution in [0.4, 0.5) is 11.4 Å². The van der Waals surface area contributed by atoms with Gasteiger partial charge in [-0.25, -0.2) is 8.42 Å². The number of amides is 3. The molecule has 0 atom stereocenters. The smallest absolute Gasteiger partial charge is 0.271 e. The van der Waals surface area contributed by atoms with E-state index in [1.165, 1.54) is 37.3 Å². The molecular formula is C20H18N4O5S2. The van der Waals surface area contributed by atoms with Crippen LogP contribution in [0, 0.1) is 0 Å². The fraction of sp³-hybridized carbons (Fsp3) is 0.0500. The maximum Gasteiger partial charge on any atom is 0.271 e. The molecule has 11 heteroatoms. The average molecular weight is 459 g/mol. The first kappa shape index (κ1) is 22.0. The Labute approximate surface area is 182 Å². The molecule has 1 aromatic heterocycles. The van der Waals surface area contributed by atoms with Crippen LogP contribution in [0.25, 0.3) is 0 Å².